The van der Waals surface area contributed by atoms with Crippen LogP contribution in [0.5, 0.6) is 0 Å². The number of halogens is 1. The first-order valence-electron chi connectivity index (χ1n) is 7.76. The Kier molecular flexibility index (Phi) is 3.68. The number of rotatable bonds is 4. The number of thiophene rings is 1. The maximum absolute atomic E-state index is 3.68. The standard InChI is InChI=1S/C18H20BrNS/c1-20-15(10-16-14(19)8-9-21-16)18-13-7-6-11-4-2-3-5-12(11)17(13)18/h2-5,8-9,13,15,17-18,20H,6-7,10H2,1H3. The van der Waals surface area contributed by atoms with Crippen molar-refractivity contribution in [2.24, 2.45) is 11.8 Å². The lowest BCUT2D eigenvalue weighted by Gasteiger charge is -2.16. The molecule has 1 aromatic carbocycles. The molecule has 4 atom stereocenters. The van der Waals surface area contributed by atoms with Gasteiger partial charge in [-0.15, -0.1) is 11.3 Å². The van der Waals surface area contributed by atoms with Crippen molar-refractivity contribution in [3.63, 3.8) is 0 Å². The molecule has 110 valence electrons. The lowest BCUT2D eigenvalue weighted by Crippen LogP contribution is -2.30. The van der Waals surface area contributed by atoms with E-state index in [1.165, 1.54) is 22.2 Å². The third-order valence-corrected chi connectivity index (χ3v) is 7.27. The Morgan fingerprint density at radius 1 is 1.33 bits per heavy atom. The van der Waals surface area contributed by atoms with Crippen molar-refractivity contribution in [1.29, 1.82) is 0 Å². The van der Waals surface area contributed by atoms with Crippen LogP contribution in [0.25, 0.3) is 0 Å². The predicted molar refractivity (Wildman–Crippen MR) is 93.1 cm³/mol. The Bertz CT molecular complexity index is 650. The molecule has 1 saturated carbocycles. The van der Waals surface area contributed by atoms with Crippen molar-refractivity contribution < 1.29 is 0 Å². The van der Waals surface area contributed by atoms with Crippen LogP contribution < -0.4 is 5.32 Å². The van der Waals surface area contributed by atoms with Gasteiger partial charge < -0.3 is 5.32 Å². The average molecular weight is 362 g/mol. The number of hydrogen-bond donors (Lipinski definition) is 1. The summed E-state index contributed by atoms with van der Waals surface area (Å²) in [6.45, 7) is 0. The van der Waals surface area contributed by atoms with E-state index >= 15 is 0 Å². The third kappa shape index (κ3) is 2.39. The van der Waals surface area contributed by atoms with Gasteiger partial charge in [0.25, 0.3) is 0 Å². The van der Waals surface area contributed by atoms with E-state index in [2.05, 4.69) is 64.0 Å². The van der Waals surface area contributed by atoms with Crippen LogP contribution in [0.15, 0.2) is 40.2 Å². The molecule has 1 nitrogen and oxygen atoms in total. The van der Waals surface area contributed by atoms with Gasteiger partial charge in [0.1, 0.15) is 0 Å². The average Bonchev–Trinajstić information content (AvgIpc) is 3.12. The summed E-state index contributed by atoms with van der Waals surface area (Å²) in [5.41, 5.74) is 3.22. The zero-order valence-electron chi connectivity index (χ0n) is 12.2. The molecule has 2 aliphatic carbocycles. The van der Waals surface area contributed by atoms with Crippen LogP contribution in [0.2, 0.25) is 0 Å². The normalized spacial score (nSPS) is 27.8. The highest BCUT2D eigenvalue weighted by molar-refractivity contribution is 9.10. The second-order valence-corrected chi connectivity index (χ2v) is 8.15. The highest BCUT2D eigenvalue weighted by atomic mass is 79.9. The molecule has 1 heterocycles. The molecule has 3 heteroatoms. The van der Waals surface area contributed by atoms with Crippen LogP contribution in [-0.2, 0) is 12.8 Å². The lowest BCUT2D eigenvalue weighted by atomic mass is 9.92. The van der Waals surface area contributed by atoms with Crippen LogP contribution in [0.3, 0.4) is 0 Å². The number of likely N-dealkylation sites (N-methyl/N-ethyl adjacent to an activating group) is 1. The lowest BCUT2D eigenvalue weighted by molar-refractivity contribution is 0.465. The molecule has 1 aromatic heterocycles. The van der Waals surface area contributed by atoms with Gasteiger partial charge in [-0.1, -0.05) is 24.3 Å². The Morgan fingerprint density at radius 2 is 2.19 bits per heavy atom. The maximum atomic E-state index is 3.68. The van der Waals surface area contributed by atoms with E-state index in [1.807, 2.05) is 11.3 Å². The third-order valence-electron chi connectivity index (χ3n) is 5.32. The molecule has 2 aliphatic rings. The number of hydrogen-bond acceptors (Lipinski definition) is 2. The molecule has 21 heavy (non-hydrogen) atoms. The molecule has 0 spiro atoms. The van der Waals surface area contributed by atoms with Gasteiger partial charge in [0.2, 0.25) is 0 Å². The van der Waals surface area contributed by atoms with E-state index in [0.29, 0.717) is 6.04 Å². The number of fused-ring (bicyclic) bond motifs is 3. The minimum absolute atomic E-state index is 0.598. The van der Waals surface area contributed by atoms with Crippen molar-refractivity contribution in [3.8, 4) is 0 Å². The summed E-state index contributed by atoms with van der Waals surface area (Å²) in [6.07, 6.45) is 3.79. The van der Waals surface area contributed by atoms with Gasteiger partial charge in [-0.05, 0) is 82.6 Å². The highest BCUT2D eigenvalue weighted by Crippen LogP contribution is 2.61. The largest absolute Gasteiger partial charge is 0.316 e. The van der Waals surface area contributed by atoms with E-state index in [4.69, 9.17) is 0 Å². The quantitative estimate of drug-likeness (QED) is 0.837. The van der Waals surface area contributed by atoms with Crippen molar-refractivity contribution in [3.05, 3.63) is 56.2 Å². The van der Waals surface area contributed by atoms with Gasteiger partial charge in [-0.25, -0.2) is 0 Å². The Morgan fingerprint density at radius 3 is 2.95 bits per heavy atom. The van der Waals surface area contributed by atoms with Crippen LogP contribution >= 0.6 is 27.3 Å². The van der Waals surface area contributed by atoms with Crippen molar-refractivity contribution in [2.45, 2.75) is 31.2 Å². The van der Waals surface area contributed by atoms with Crippen LogP contribution in [0.1, 0.15) is 28.3 Å². The molecule has 0 aliphatic heterocycles. The van der Waals surface area contributed by atoms with Crippen LogP contribution in [0, 0.1) is 11.8 Å². The van der Waals surface area contributed by atoms with Gasteiger partial charge in [0.05, 0.1) is 0 Å². The maximum Gasteiger partial charge on any atom is 0.0314 e. The van der Waals surface area contributed by atoms with Crippen molar-refractivity contribution in [2.75, 3.05) is 7.05 Å². The molecule has 4 rings (SSSR count). The Labute approximate surface area is 138 Å². The minimum Gasteiger partial charge on any atom is -0.316 e. The zero-order chi connectivity index (χ0) is 14.4. The molecule has 2 aromatic rings. The second-order valence-electron chi connectivity index (χ2n) is 6.30. The monoisotopic (exact) mass is 361 g/mol. The van der Waals surface area contributed by atoms with Crippen molar-refractivity contribution in [1.82, 2.24) is 5.32 Å². The molecule has 4 unspecified atom stereocenters. The molecule has 0 saturated heterocycles. The molecule has 0 bridgehead atoms. The fourth-order valence-corrected chi connectivity index (χ4v) is 5.84. The van der Waals surface area contributed by atoms with E-state index in [9.17, 15) is 0 Å². The summed E-state index contributed by atoms with van der Waals surface area (Å²) in [5, 5.41) is 5.78. The summed E-state index contributed by atoms with van der Waals surface area (Å²) in [5.74, 6) is 2.51. The van der Waals surface area contributed by atoms with E-state index in [-0.39, 0.29) is 0 Å². The fourth-order valence-electron chi connectivity index (χ4n) is 4.27. The fraction of sp³-hybridized carbons (Fsp3) is 0.444. The zero-order valence-corrected chi connectivity index (χ0v) is 14.6. The number of benzene rings is 1. The SMILES string of the molecule is CNC(Cc1sccc1Br)C1C2CCc3ccccc3C21. The van der Waals surface area contributed by atoms with Gasteiger partial charge >= 0.3 is 0 Å². The van der Waals surface area contributed by atoms with Crippen LogP contribution in [-0.4, -0.2) is 13.1 Å². The van der Waals surface area contributed by atoms with E-state index in [0.717, 1.165) is 24.2 Å². The summed E-state index contributed by atoms with van der Waals surface area (Å²) in [7, 11) is 2.13. The van der Waals surface area contributed by atoms with Gasteiger partial charge in [0, 0.05) is 15.4 Å². The molecular weight excluding hydrogens is 342 g/mol. The summed E-state index contributed by atoms with van der Waals surface area (Å²) in [4.78, 5) is 1.48. The van der Waals surface area contributed by atoms with Gasteiger partial charge in [0.15, 0.2) is 0 Å². The Hall–Kier alpha value is -0.640. The first-order chi connectivity index (χ1) is 10.3. The van der Waals surface area contributed by atoms with E-state index < -0.39 is 0 Å². The van der Waals surface area contributed by atoms with Crippen LogP contribution in [0.4, 0.5) is 0 Å². The molecule has 0 amide bonds. The minimum atomic E-state index is 0.598. The second kappa shape index (κ2) is 5.53. The van der Waals surface area contributed by atoms with E-state index in [1.54, 1.807) is 11.1 Å². The molecule has 1 fully saturated rings. The topological polar surface area (TPSA) is 12.0 Å². The number of aryl methyl sites for hydroxylation is 1. The first-order valence-corrected chi connectivity index (χ1v) is 9.44. The van der Waals surface area contributed by atoms with Crippen molar-refractivity contribution >= 4 is 27.3 Å². The summed E-state index contributed by atoms with van der Waals surface area (Å²) < 4.78 is 1.27. The molecule has 0 radical (unpaired) electrons. The first kappa shape index (κ1) is 14.0. The Balaban J connectivity index is 1.56. The predicted octanol–water partition coefficient (Wildman–Crippen LogP) is 4.62. The summed E-state index contributed by atoms with van der Waals surface area (Å²) >= 11 is 5.55. The summed E-state index contributed by atoms with van der Waals surface area (Å²) in [6, 6.07) is 11.9. The molecule has 1 N–H and O–H groups in total. The smallest absolute Gasteiger partial charge is 0.0314 e. The molecular formula is C18H20BrNS. The van der Waals surface area contributed by atoms with Gasteiger partial charge in [-0.2, -0.15) is 0 Å². The number of nitrogens with one attached hydrogen (secondary N) is 1. The van der Waals surface area contributed by atoms with Gasteiger partial charge in [-0.3, -0.25) is 0 Å². The highest BCUT2D eigenvalue weighted by Gasteiger charge is 2.55.